The molecule has 0 unspecified atom stereocenters. The molecule has 8 nitrogen and oxygen atoms in total. The molecule has 0 aliphatic heterocycles. The molecule has 1 heterocycles. The first-order valence-corrected chi connectivity index (χ1v) is 12.6. The summed E-state index contributed by atoms with van der Waals surface area (Å²) >= 11 is 1.02. The quantitative estimate of drug-likeness (QED) is 0.394. The number of ether oxygens (including phenoxy) is 1. The van der Waals surface area contributed by atoms with Crippen molar-refractivity contribution >= 4 is 49.1 Å². The van der Waals surface area contributed by atoms with Crippen LogP contribution in [-0.2, 0) is 26.1 Å². The molecule has 0 saturated heterocycles. The summed E-state index contributed by atoms with van der Waals surface area (Å²) in [5.74, 6) is -1.99. The van der Waals surface area contributed by atoms with Gasteiger partial charge < -0.3 is 9.30 Å². The summed E-state index contributed by atoms with van der Waals surface area (Å²) in [6.45, 7) is 1.48. The summed E-state index contributed by atoms with van der Waals surface area (Å²) in [5, 5.41) is 0. The molecule has 4 rings (SSSR count). The highest BCUT2D eigenvalue weighted by Gasteiger charge is 2.20. The number of carbonyl (C=O) groups excluding carboxylic acids is 2. The number of amides is 1. The van der Waals surface area contributed by atoms with Crippen molar-refractivity contribution in [1.82, 2.24) is 4.57 Å². The van der Waals surface area contributed by atoms with Crippen molar-refractivity contribution in [3.05, 3.63) is 88.5 Å². The van der Waals surface area contributed by atoms with Gasteiger partial charge in [-0.25, -0.2) is 12.8 Å². The lowest BCUT2D eigenvalue weighted by Gasteiger charge is -2.11. The number of anilines is 1. The van der Waals surface area contributed by atoms with Crippen LogP contribution in [0.5, 0.6) is 0 Å². The zero-order valence-corrected chi connectivity index (χ0v) is 20.3. The maximum absolute atomic E-state index is 14.5. The van der Waals surface area contributed by atoms with E-state index in [0.717, 1.165) is 16.9 Å². The van der Waals surface area contributed by atoms with Gasteiger partial charge in [-0.05, 0) is 43.3 Å². The van der Waals surface area contributed by atoms with Crippen molar-refractivity contribution in [1.29, 1.82) is 0 Å². The summed E-state index contributed by atoms with van der Waals surface area (Å²) in [5.41, 5.74) is 1.04. The number of aromatic nitrogens is 1. The summed E-state index contributed by atoms with van der Waals surface area (Å²) in [6.07, 6.45) is 0. The van der Waals surface area contributed by atoms with Crippen molar-refractivity contribution in [3.8, 4) is 0 Å². The van der Waals surface area contributed by atoms with E-state index in [-0.39, 0.29) is 33.0 Å². The number of nitrogens with zero attached hydrogens (tertiary/aromatic N) is 2. The Morgan fingerprint density at radius 2 is 1.77 bits per heavy atom. The number of rotatable bonds is 6. The number of aryl methyl sites for hydroxylation is 1. The lowest BCUT2D eigenvalue weighted by molar-refractivity contribution is -0.141. The number of fused-ring (bicyclic) bond motifs is 1. The molecule has 1 N–H and O–H groups in total. The number of esters is 1. The standard InChI is InChI=1S/C24H20FN3O5S2/c1-15-10-12-16(13-11-15)35(31,32)27-19-8-4-3-6-17(19)23(30)26-24-28(14-21(29)33-2)22-18(25)7-5-9-20(22)34-24/h3-13,27H,14H2,1-2H3. The number of para-hydroxylation sites is 2. The van der Waals surface area contributed by atoms with E-state index in [1.165, 1.54) is 48.1 Å². The van der Waals surface area contributed by atoms with Gasteiger partial charge in [-0.3, -0.25) is 14.3 Å². The fourth-order valence-electron chi connectivity index (χ4n) is 3.34. The molecule has 0 aliphatic carbocycles. The molecule has 0 aliphatic rings. The second kappa shape index (κ2) is 9.80. The molecule has 4 aromatic rings. The fourth-order valence-corrected chi connectivity index (χ4v) is 5.46. The highest BCUT2D eigenvalue weighted by molar-refractivity contribution is 7.92. The number of carbonyl (C=O) groups is 2. The zero-order valence-electron chi connectivity index (χ0n) is 18.7. The van der Waals surface area contributed by atoms with Crippen LogP contribution in [-0.4, -0.2) is 32.0 Å². The monoisotopic (exact) mass is 513 g/mol. The summed E-state index contributed by atoms with van der Waals surface area (Å²) in [7, 11) is -2.77. The van der Waals surface area contributed by atoms with Crippen LogP contribution in [0.1, 0.15) is 15.9 Å². The molecule has 0 spiro atoms. The van der Waals surface area contributed by atoms with Crippen LogP contribution in [0.15, 0.2) is 76.6 Å². The van der Waals surface area contributed by atoms with Gasteiger partial charge in [0.15, 0.2) is 4.80 Å². The third kappa shape index (κ3) is 5.15. The van der Waals surface area contributed by atoms with Gasteiger partial charge in [-0.15, -0.1) is 0 Å². The fraction of sp³-hybridized carbons (Fsp3) is 0.125. The van der Waals surface area contributed by atoms with E-state index >= 15 is 0 Å². The maximum atomic E-state index is 14.5. The number of hydrogen-bond donors (Lipinski definition) is 1. The van der Waals surface area contributed by atoms with Crippen LogP contribution in [0.25, 0.3) is 10.2 Å². The minimum atomic E-state index is -3.97. The van der Waals surface area contributed by atoms with E-state index < -0.39 is 27.7 Å². The molecule has 0 atom stereocenters. The van der Waals surface area contributed by atoms with Gasteiger partial charge >= 0.3 is 5.97 Å². The Kier molecular flexibility index (Phi) is 6.81. The smallest absolute Gasteiger partial charge is 0.325 e. The van der Waals surface area contributed by atoms with Crippen molar-refractivity contribution in [2.45, 2.75) is 18.4 Å². The molecular formula is C24H20FN3O5S2. The molecule has 0 saturated carbocycles. The lowest BCUT2D eigenvalue weighted by atomic mass is 10.2. The van der Waals surface area contributed by atoms with E-state index in [4.69, 9.17) is 4.74 Å². The molecule has 1 amide bonds. The topological polar surface area (TPSA) is 107 Å². The first-order valence-electron chi connectivity index (χ1n) is 10.3. The van der Waals surface area contributed by atoms with Crippen molar-refractivity contribution in [2.24, 2.45) is 4.99 Å². The third-order valence-corrected chi connectivity index (χ3v) is 7.52. The van der Waals surface area contributed by atoms with Gasteiger partial charge in [0.1, 0.15) is 12.4 Å². The minimum absolute atomic E-state index is 0.00858. The average molecular weight is 514 g/mol. The number of benzene rings is 3. The minimum Gasteiger partial charge on any atom is -0.468 e. The van der Waals surface area contributed by atoms with Gasteiger partial charge in [-0.1, -0.05) is 47.2 Å². The molecule has 0 fully saturated rings. The van der Waals surface area contributed by atoms with Gasteiger partial charge in [0.05, 0.1) is 33.5 Å². The van der Waals surface area contributed by atoms with Gasteiger partial charge in [0.2, 0.25) is 0 Å². The van der Waals surface area contributed by atoms with Crippen LogP contribution in [0, 0.1) is 12.7 Å². The number of nitrogens with one attached hydrogen (secondary N) is 1. The van der Waals surface area contributed by atoms with Crippen molar-refractivity contribution < 1.29 is 27.1 Å². The van der Waals surface area contributed by atoms with E-state index in [2.05, 4.69) is 9.71 Å². The number of hydrogen-bond acceptors (Lipinski definition) is 6. The highest BCUT2D eigenvalue weighted by Crippen LogP contribution is 2.23. The summed E-state index contributed by atoms with van der Waals surface area (Å²) in [6, 6.07) is 16.7. The zero-order chi connectivity index (χ0) is 25.2. The second-order valence-electron chi connectivity index (χ2n) is 7.51. The molecule has 180 valence electrons. The van der Waals surface area contributed by atoms with E-state index in [0.29, 0.717) is 4.70 Å². The lowest BCUT2D eigenvalue weighted by Crippen LogP contribution is -2.23. The van der Waals surface area contributed by atoms with Crippen LogP contribution in [0.3, 0.4) is 0 Å². The third-order valence-electron chi connectivity index (χ3n) is 5.10. The average Bonchev–Trinajstić information content (AvgIpc) is 3.17. The van der Waals surface area contributed by atoms with Crippen molar-refractivity contribution in [2.75, 3.05) is 11.8 Å². The molecule has 0 radical (unpaired) electrons. The first kappa shape index (κ1) is 24.3. The molecule has 0 bridgehead atoms. The normalized spacial score (nSPS) is 12.0. The van der Waals surface area contributed by atoms with E-state index in [9.17, 15) is 22.4 Å². The van der Waals surface area contributed by atoms with E-state index in [1.807, 2.05) is 6.92 Å². The molecular weight excluding hydrogens is 493 g/mol. The molecule has 11 heteroatoms. The Hall–Kier alpha value is -3.83. The van der Waals surface area contributed by atoms with Crippen molar-refractivity contribution in [3.63, 3.8) is 0 Å². The largest absolute Gasteiger partial charge is 0.468 e. The number of sulfonamides is 1. The van der Waals surface area contributed by atoms with Crippen LogP contribution < -0.4 is 9.52 Å². The molecule has 1 aromatic heterocycles. The predicted molar refractivity (Wildman–Crippen MR) is 130 cm³/mol. The number of methoxy groups -OCH3 is 1. The van der Waals surface area contributed by atoms with E-state index in [1.54, 1.807) is 30.3 Å². The number of halogens is 1. The van der Waals surface area contributed by atoms with Crippen LogP contribution >= 0.6 is 11.3 Å². The Labute approximate surface area is 204 Å². The Balaban J connectivity index is 1.77. The van der Waals surface area contributed by atoms with Gasteiger partial charge in [-0.2, -0.15) is 4.99 Å². The van der Waals surface area contributed by atoms with Crippen LogP contribution in [0.2, 0.25) is 0 Å². The Morgan fingerprint density at radius 3 is 2.49 bits per heavy atom. The van der Waals surface area contributed by atoms with Gasteiger partial charge in [0.25, 0.3) is 15.9 Å². The number of thiazole rings is 1. The molecule has 35 heavy (non-hydrogen) atoms. The first-order chi connectivity index (χ1) is 16.7. The van der Waals surface area contributed by atoms with Crippen LogP contribution in [0.4, 0.5) is 10.1 Å². The SMILES string of the molecule is COC(=O)Cn1c(=NC(=O)c2ccccc2NS(=O)(=O)c2ccc(C)cc2)sc2cccc(F)c21. The Morgan fingerprint density at radius 1 is 1.06 bits per heavy atom. The summed E-state index contributed by atoms with van der Waals surface area (Å²) < 4.78 is 49.1. The second-order valence-corrected chi connectivity index (χ2v) is 10.2. The highest BCUT2D eigenvalue weighted by atomic mass is 32.2. The maximum Gasteiger partial charge on any atom is 0.325 e. The Bertz CT molecular complexity index is 1610. The molecule has 3 aromatic carbocycles. The summed E-state index contributed by atoms with van der Waals surface area (Å²) in [4.78, 5) is 29.3. The predicted octanol–water partition coefficient (Wildman–Crippen LogP) is 3.87. The van der Waals surface area contributed by atoms with Gasteiger partial charge in [0, 0.05) is 0 Å².